The maximum atomic E-state index is 13.1. The summed E-state index contributed by atoms with van der Waals surface area (Å²) in [5, 5.41) is 0. The minimum atomic E-state index is -3.96. The van der Waals surface area contributed by atoms with Crippen LogP contribution in [0.2, 0.25) is 0 Å². The molecule has 1 aliphatic heterocycles. The highest BCUT2D eigenvalue weighted by molar-refractivity contribution is 7.84. The van der Waals surface area contributed by atoms with Gasteiger partial charge in [-0.25, -0.2) is 9.83 Å². The number of rotatable bonds is 7. The molecule has 2 heterocycles. The van der Waals surface area contributed by atoms with E-state index in [2.05, 4.69) is 19.7 Å². The molecule has 3 aromatic rings. The molecule has 2 aromatic carbocycles. The van der Waals surface area contributed by atoms with Crippen LogP contribution in [0.15, 0.2) is 61.1 Å². The zero-order valence-corrected chi connectivity index (χ0v) is 18.6. The molecule has 8 nitrogen and oxygen atoms in total. The average Bonchev–Trinajstić information content (AvgIpc) is 3.24. The van der Waals surface area contributed by atoms with Crippen LogP contribution in [-0.2, 0) is 34.0 Å². The van der Waals surface area contributed by atoms with Crippen molar-refractivity contribution in [2.45, 2.75) is 32.5 Å². The molecular weight excluding hydrogens is 426 g/mol. The molecule has 0 amide bonds. The van der Waals surface area contributed by atoms with Gasteiger partial charge in [0.05, 0.1) is 31.7 Å². The number of nitrogens with zero attached hydrogens (tertiary/aromatic N) is 4. The average molecular weight is 452 g/mol. The predicted octanol–water partition coefficient (Wildman–Crippen LogP) is 3.68. The van der Waals surface area contributed by atoms with Crippen LogP contribution in [0.5, 0.6) is 0 Å². The fourth-order valence-corrected chi connectivity index (χ4v) is 5.31. The second-order valence-corrected chi connectivity index (χ2v) is 9.20. The standard InChI is InChI=1S/C23H25N5O3S/c1-3-31-32(29,30)28-14-19-12-20(24-2)9-10-23(19)27(15-21-13-25-17-26-21)16-22(28)11-18-7-5-4-6-8-18/h4-10,12-13,17,22H,3,11,14-16H2,1H3,(H,25,26)/t22-/m1/s1. The van der Waals surface area contributed by atoms with Crippen LogP contribution in [0.25, 0.3) is 4.85 Å². The van der Waals surface area contributed by atoms with Crippen LogP contribution < -0.4 is 4.90 Å². The Hall–Kier alpha value is -3.19. The van der Waals surface area contributed by atoms with Crippen LogP contribution in [0.3, 0.4) is 0 Å². The first kappa shape index (κ1) is 22.0. The summed E-state index contributed by atoms with van der Waals surface area (Å²) in [5.41, 5.74) is 4.12. The van der Waals surface area contributed by atoms with Gasteiger partial charge in [0.1, 0.15) is 0 Å². The summed E-state index contributed by atoms with van der Waals surface area (Å²) < 4.78 is 32.9. The maximum absolute atomic E-state index is 13.1. The van der Waals surface area contributed by atoms with E-state index in [0.29, 0.717) is 25.2 Å². The largest absolute Gasteiger partial charge is 0.364 e. The van der Waals surface area contributed by atoms with Gasteiger partial charge in [0.15, 0.2) is 5.69 Å². The summed E-state index contributed by atoms with van der Waals surface area (Å²) in [6, 6.07) is 14.9. The molecule has 0 saturated carbocycles. The van der Waals surface area contributed by atoms with Crippen molar-refractivity contribution < 1.29 is 12.6 Å². The summed E-state index contributed by atoms with van der Waals surface area (Å²) >= 11 is 0. The second-order valence-electron chi connectivity index (χ2n) is 7.64. The van der Waals surface area contributed by atoms with Gasteiger partial charge in [-0.3, -0.25) is 4.18 Å². The Labute approximate surface area is 188 Å². The van der Waals surface area contributed by atoms with Crippen LogP contribution in [0.4, 0.5) is 11.4 Å². The Bertz CT molecular complexity index is 1190. The van der Waals surface area contributed by atoms with Gasteiger partial charge in [0.2, 0.25) is 0 Å². The Morgan fingerprint density at radius 1 is 1.25 bits per heavy atom. The quantitative estimate of drug-likeness (QED) is 0.554. The first-order chi connectivity index (χ1) is 15.5. The van der Waals surface area contributed by atoms with E-state index in [1.165, 1.54) is 4.31 Å². The van der Waals surface area contributed by atoms with Crippen LogP contribution in [-0.4, -0.2) is 41.9 Å². The number of imidazole rings is 1. The molecule has 0 unspecified atom stereocenters. The SMILES string of the molecule is [C-]#[N+]c1ccc2c(c1)CN(S(=O)(=O)OCC)[C@H](Cc1ccccc1)CN2Cc1cnc[nH]1. The molecule has 0 radical (unpaired) electrons. The van der Waals surface area contributed by atoms with E-state index in [1.54, 1.807) is 31.6 Å². The highest BCUT2D eigenvalue weighted by atomic mass is 32.2. The summed E-state index contributed by atoms with van der Waals surface area (Å²) in [7, 11) is -3.96. The number of anilines is 1. The van der Waals surface area contributed by atoms with E-state index in [9.17, 15) is 8.42 Å². The van der Waals surface area contributed by atoms with E-state index >= 15 is 0 Å². The van der Waals surface area contributed by atoms with E-state index in [4.69, 9.17) is 10.8 Å². The monoisotopic (exact) mass is 451 g/mol. The summed E-state index contributed by atoms with van der Waals surface area (Å²) in [6.07, 6.45) is 3.93. The zero-order valence-electron chi connectivity index (χ0n) is 17.8. The molecule has 1 aliphatic rings. The lowest BCUT2D eigenvalue weighted by Gasteiger charge is -2.31. The van der Waals surface area contributed by atoms with Gasteiger partial charge in [-0.2, -0.15) is 12.7 Å². The summed E-state index contributed by atoms with van der Waals surface area (Å²) in [4.78, 5) is 12.9. The van der Waals surface area contributed by atoms with Crippen molar-refractivity contribution >= 4 is 21.7 Å². The third-order valence-electron chi connectivity index (χ3n) is 5.48. The molecule has 0 spiro atoms. The molecule has 9 heteroatoms. The number of hydrogen-bond donors (Lipinski definition) is 1. The van der Waals surface area contributed by atoms with Crippen LogP contribution in [0, 0.1) is 6.57 Å². The van der Waals surface area contributed by atoms with Gasteiger partial charge in [-0.05, 0) is 36.6 Å². The molecule has 1 N–H and O–H groups in total. The molecule has 0 fully saturated rings. The van der Waals surface area contributed by atoms with E-state index in [-0.39, 0.29) is 19.2 Å². The predicted molar refractivity (Wildman–Crippen MR) is 122 cm³/mol. The number of fused-ring (bicyclic) bond motifs is 1. The molecule has 0 bridgehead atoms. The molecule has 0 aliphatic carbocycles. The van der Waals surface area contributed by atoms with Gasteiger partial charge in [-0.15, -0.1) is 0 Å². The van der Waals surface area contributed by atoms with Gasteiger partial charge >= 0.3 is 10.3 Å². The molecule has 32 heavy (non-hydrogen) atoms. The lowest BCUT2D eigenvalue weighted by molar-refractivity contribution is 0.241. The van der Waals surface area contributed by atoms with Crippen LogP contribution in [0.1, 0.15) is 23.7 Å². The second kappa shape index (κ2) is 9.53. The van der Waals surface area contributed by atoms with E-state index in [0.717, 1.165) is 22.5 Å². The van der Waals surface area contributed by atoms with Crippen molar-refractivity contribution in [3.05, 3.63) is 89.3 Å². The van der Waals surface area contributed by atoms with Crippen LogP contribution >= 0.6 is 0 Å². The van der Waals surface area contributed by atoms with E-state index < -0.39 is 10.3 Å². The number of nitrogens with one attached hydrogen (secondary N) is 1. The minimum absolute atomic E-state index is 0.0592. The smallest absolute Gasteiger partial charge is 0.339 e. The summed E-state index contributed by atoms with van der Waals surface area (Å²) in [6.45, 7) is 10.3. The molecule has 1 atom stereocenters. The molecule has 4 rings (SSSR count). The van der Waals surface area contributed by atoms with Gasteiger partial charge in [-0.1, -0.05) is 36.4 Å². The highest BCUT2D eigenvalue weighted by Gasteiger charge is 2.36. The number of H-pyrrole nitrogens is 1. The lowest BCUT2D eigenvalue weighted by Crippen LogP contribution is -2.46. The van der Waals surface area contributed by atoms with Crippen molar-refractivity contribution in [2.75, 3.05) is 18.1 Å². The highest BCUT2D eigenvalue weighted by Crippen LogP contribution is 2.34. The van der Waals surface area contributed by atoms with Crippen molar-refractivity contribution in [2.24, 2.45) is 0 Å². The van der Waals surface area contributed by atoms with Crippen molar-refractivity contribution in [1.82, 2.24) is 14.3 Å². The van der Waals surface area contributed by atoms with Crippen molar-refractivity contribution in [3.8, 4) is 0 Å². The van der Waals surface area contributed by atoms with Gasteiger partial charge < -0.3 is 9.88 Å². The minimum Gasteiger partial charge on any atom is -0.364 e. The first-order valence-electron chi connectivity index (χ1n) is 10.4. The number of benzene rings is 2. The Balaban J connectivity index is 1.79. The number of hydrogen-bond acceptors (Lipinski definition) is 5. The Kier molecular flexibility index (Phi) is 6.55. The first-order valence-corrected chi connectivity index (χ1v) is 11.8. The van der Waals surface area contributed by atoms with E-state index in [1.807, 2.05) is 36.4 Å². The lowest BCUT2D eigenvalue weighted by atomic mass is 10.1. The third-order valence-corrected chi connectivity index (χ3v) is 7.02. The maximum Gasteiger partial charge on any atom is 0.339 e. The van der Waals surface area contributed by atoms with Gasteiger partial charge in [0.25, 0.3) is 0 Å². The topological polar surface area (TPSA) is 82.9 Å². The molecule has 0 saturated heterocycles. The molecule has 166 valence electrons. The van der Waals surface area contributed by atoms with Crippen molar-refractivity contribution in [3.63, 3.8) is 0 Å². The zero-order chi connectivity index (χ0) is 22.6. The molecule has 1 aromatic heterocycles. The molecular formula is C23H25N5O3S. The Morgan fingerprint density at radius 2 is 2.06 bits per heavy atom. The summed E-state index contributed by atoms with van der Waals surface area (Å²) in [5.74, 6) is 0. The normalized spacial score (nSPS) is 16.9. The number of aromatic amines is 1. The third kappa shape index (κ3) is 4.83. The fourth-order valence-electron chi connectivity index (χ4n) is 4.07. The number of aromatic nitrogens is 2. The fraction of sp³-hybridized carbons (Fsp3) is 0.304. The van der Waals surface area contributed by atoms with Crippen molar-refractivity contribution in [1.29, 1.82) is 0 Å². The Morgan fingerprint density at radius 3 is 2.75 bits per heavy atom. The van der Waals surface area contributed by atoms with Gasteiger partial charge in [0, 0.05) is 31.0 Å².